The predicted octanol–water partition coefficient (Wildman–Crippen LogP) is 3.49. The van der Waals surface area contributed by atoms with Crippen molar-refractivity contribution < 1.29 is 4.74 Å². The SMILES string of the molecule is CCCC(CC)NC(=NC1CCCCC1)OC. The zero-order valence-electron chi connectivity index (χ0n) is 11.7. The third-order valence-electron chi connectivity index (χ3n) is 3.53. The van der Waals surface area contributed by atoms with Gasteiger partial charge in [0.05, 0.1) is 13.2 Å². The van der Waals surface area contributed by atoms with E-state index in [1.807, 2.05) is 0 Å². The Bertz CT molecular complexity index is 222. The molecular weight excluding hydrogens is 212 g/mol. The van der Waals surface area contributed by atoms with Crippen LogP contribution in [0.4, 0.5) is 0 Å². The summed E-state index contributed by atoms with van der Waals surface area (Å²) in [5.74, 6) is 0. The van der Waals surface area contributed by atoms with Crippen molar-refractivity contribution in [2.45, 2.75) is 77.3 Å². The Morgan fingerprint density at radius 3 is 2.53 bits per heavy atom. The Labute approximate surface area is 106 Å². The second-order valence-electron chi connectivity index (χ2n) is 4.97. The van der Waals surface area contributed by atoms with E-state index in [1.54, 1.807) is 7.11 Å². The molecule has 1 N–H and O–H groups in total. The lowest BCUT2D eigenvalue weighted by Crippen LogP contribution is -2.36. The van der Waals surface area contributed by atoms with Crippen LogP contribution in [-0.4, -0.2) is 25.2 Å². The summed E-state index contributed by atoms with van der Waals surface area (Å²) in [5.41, 5.74) is 0. The first-order chi connectivity index (χ1) is 8.30. The van der Waals surface area contributed by atoms with Crippen LogP contribution in [0.25, 0.3) is 0 Å². The van der Waals surface area contributed by atoms with E-state index >= 15 is 0 Å². The maximum atomic E-state index is 5.37. The molecule has 1 saturated carbocycles. The van der Waals surface area contributed by atoms with E-state index in [2.05, 4.69) is 19.2 Å². The monoisotopic (exact) mass is 240 g/mol. The molecule has 1 unspecified atom stereocenters. The second kappa shape index (κ2) is 8.37. The summed E-state index contributed by atoms with van der Waals surface area (Å²) in [4.78, 5) is 4.71. The Kier molecular flexibility index (Phi) is 7.06. The van der Waals surface area contributed by atoms with Crippen LogP contribution in [0.5, 0.6) is 0 Å². The highest BCUT2D eigenvalue weighted by Gasteiger charge is 2.15. The lowest BCUT2D eigenvalue weighted by Gasteiger charge is -2.22. The molecule has 3 nitrogen and oxygen atoms in total. The summed E-state index contributed by atoms with van der Waals surface area (Å²) in [6, 6.07) is 1.73. The zero-order chi connectivity index (χ0) is 12.5. The van der Waals surface area contributed by atoms with Crippen LogP contribution in [0.3, 0.4) is 0 Å². The van der Waals surface area contributed by atoms with Gasteiger partial charge < -0.3 is 10.1 Å². The Balaban J connectivity index is 2.47. The van der Waals surface area contributed by atoms with E-state index < -0.39 is 0 Å². The fourth-order valence-corrected chi connectivity index (χ4v) is 2.43. The molecular formula is C14H28N2O. The number of nitrogens with one attached hydrogen (secondary N) is 1. The van der Waals surface area contributed by atoms with Crippen molar-refractivity contribution in [1.29, 1.82) is 0 Å². The molecule has 0 aromatic heterocycles. The molecule has 0 bridgehead atoms. The molecule has 0 radical (unpaired) electrons. The highest BCUT2D eigenvalue weighted by Crippen LogP contribution is 2.20. The topological polar surface area (TPSA) is 33.6 Å². The van der Waals surface area contributed by atoms with Gasteiger partial charge in [0.1, 0.15) is 0 Å². The maximum Gasteiger partial charge on any atom is 0.284 e. The van der Waals surface area contributed by atoms with Crippen molar-refractivity contribution in [2.75, 3.05) is 7.11 Å². The van der Waals surface area contributed by atoms with Crippen molar-refractivity contribution in [1.82, 2.24) is 5.32 Å². The smallest absolute Gasteiger partial charge is 0.284 e. The molecule has 100 valence electrons. The molecule has 0 aromatic carbocycles. The quantitative estimate of drug-likeness (QED) is 0.589. The van der Waals surface area contributed by atoms with Crippen LogP contribution in [0.1, 0.15) is 65.2 Å². The summed E-state index contributed by atoms with van der Waals surface area (Å²) in [6.07, 6.45) is 9.96. The van der Waals surface area contributed by atoms with Crippen molar-refractivity contribution in [2.24, 2.45) is 4.99 Å². The Morgan fingerprint density at radius 2 is 2.00 bits per heavy atom. The molecule has 0 heterocycles. The van der Waals surface area contributed by atoms with E-state index in [0.717, 1.165) is 12.4 Å². The largest absolute Gasteiger partial charge is 0.469 e. The van der Waals surface area contributed by atoms with Crippen LogP contribution in [0.2, 0.25) is 0 Å². The Hall–Kier alpha value is -0.730. The predicted molar refractivity (Wildman–Crippen MR) is 73.4 cm³/mol. The van der Waals surface area contributed by atoms with Crippen LogP contribution in [0, 0.1) is 0 Å². The molecule has 1 aliphatic rings. The lowest BCUT2D eigenvalue weighted by molar-refractivity contribution is 0.348. The van der Waals surface area contributed by atoms with Gasteiger partial charge in [-0.15, -0.1) is 0 Å². The first kappa shape index (κ1) is 14.3. The molecule has 0 saturated heterocycles. The summed E-state index contributed by atoms with van der Waals surface area (Å²) >= 11 is 0. The molecule has 1 aliphatic carbocycles. The van der Waals surface area contributed by atoms with Crippen LogP contribution < -0.4 is 5.32 Å². The minimum absolute atomic E-state index is 0.477. The number of amidine groups is 1. The maximum absolute atomic E-state index is 5.37. The third-order valence-corrected chi connectivity index (χ3v) is 3.53. The van der Waals surface area contributed by atoms with E-state index in [1.165, 1.54) is 44.9 Å². The van der Waals surface area contributed by atoms with Gasteiger partial charge in [-0.05, 0) is 25.7 Å². The van der Waals surface area contributed by atoms with Gasteiger partial charge in [-0.2, -0.15) is 0 Å². The number of hydrogen-bond donors (Lipinski definition) is 1. The van der Waals surface area contributed by atoms with Gasteiger partial charge in [0.15, 0.2) is 0 Å². The summed E-state index contributed by atoms with van der Waals surface area (Å²) in [7, 11) is 1.72. The second-order valence-corrected chi connectivity index (χ2v) is 4.97. The van der Waals surface area contributed by atoms with Crippen molar-refractivity contribution in [3.63, 3.8) is 0 Å². The van der Waals surface area contributed by atoms with Gasteiger partial charge in [-0.3, -0.25) is 0 Å². The molecule has 0 aromatic rings. The molecule has 0 amide bonds. The number of rotatable bonds is 5. The average molecular weight is 240 g/mol. The number of hydrogen-bond acceptors (Lipinski definition) is 2. The van der Waals surface area contributed by atoms with Crippen molar-refractivity contribution in [3.8, 4) is 0 Å². The Morgan fingerprint density at radius 1 is 1.29 bits per heavy atom. The fraction of sp³-hybridized carbons (Fsp3) is 0.929. The number of nitrogens with zero attached hydrogens (tertiary/aromatic N) is 1. The summed E-state index contributed by atoms with van der Waals surface area (Å²) < 4.78 is 5.37. The van der Waals surface area contributed by atoms with E-state index in [-0.39, 0.29) is 0 Å². The van der Waals surface area contributed by atoms with Gasteiger partial charge in [0, 0.05) is 6.04 Å². The summed E-state index contributed by atoms with van der Waals surface area (Å²) in [6.45, 7) is 4.43. The molecule has 0 spiro atoms. The zero-order valence-corrected chi connectivity index (χ0v) is 11.7. The van der Waals surface area contributed by atoms with E-state index in [0.29, 0.717) is 12.1 Å². The third kappa shape index (κ3) is 5.42. The first-order valence-corrected chi connectivity index (χ1v) is 7.18. The van der Waals surface area contributed by atoms with Crippen LogP contribution in [-0.2, 0) is 4.74 Å². The van der Waals surface area contributed by atoms with Gasteiger partial charge in [0.2, 0.25) is 0 Å². The van der Waals surface area contributed by atoms with Crippen molar-refractivity contribution >= 4 is 6.02 Å². The van der Waals surface area contributed by atoms with Crippen molar-refractivity contribution in [3.05, 3.63) is 0 Å². The molecule has 1 fully saturated rings. The number of ether oxygens (including phenoxy) is 1. The molecule has 0 aliphatic heterocycles. The van der Waals surface area contributed by atoms with Gasteiger partial charge in [0.25, 0.3) is 6.02 Å². The molecule has 1 atom stereocenters. The first-order valence-electron chi connectivity index (χ1n) is 7.18. The van der Waals surface area contributed by atoms with Gasteiger partial charge >= 0.3 is 0 Å². The molecule has 1 rings (SSSR count). The van der Waals surface area contributed by atoms with Gasteiger partial charge in [-0.1, -0.05) is 39.5 Å². The molecule has 17 heavy (non-hydrogen) atoms. The van der Waals surface area contributed by atoms with E-state index in [9.17, 15) is 0 Å². The fourth-order valence-electron chi connectivity index (χ4n) is 2.43. The number of methoxy groups -OCH3 is 1. The average Bonchev–Trinajstić information content (AvgIpc) is 2.38. The minimum atomic E-state index is 0.477. The summed E-state index contributed by atoms with van der Waals surface area (Å²) in [5, 5.41) is 3.43. The lowest BCUT2D eigenvalue weighted by atomic mass is 9.96. The van der Waals surface area contributed by atoms with E-state index in [4.69, 9.17) is 9.73 Å². The highest BCUT2D eigenvalue weighted by molar-refractivity contribution is 5.73. The molecule has 3 heteroatoms. The van der Waals surface area contributed by atoms with Crippen LogP contribution >= 0.6 is 0 Å². The number of aliphatic imine (C=N–C) groups is 1. The standard InChI is InChI=1S/C14H28N2O/c1-4-9-12(5-2)15-14(17-3)16-13-10-7-6-8-11-13/h12-13H,4-11H2,1-3H3,(H,15,16). The van der Waals surface area contributed by atoms with Gasteiger partial charge in [-0.25, -0.2) is 4.99 Å². The highest BCUT2D eigenvalue weighted by atomic mass is 16.5. The minimum Gasteiger partial charge on any atom is -0.469 e. The van der Waals surface area contributed by atoms with Crippen LogP contribution in [0.15, 0.2) is 4.99 Å². The normalized spacial score (nSPS) is 20.1.